The first kappa shape index (κ1) is 11.4. The summed E-state index contributed by atoms with van der Waals surface area (Å²) < 4.78 is 0. The van der Waals surface area contributed by atoms with Gasteiger partial charge in [-0.3, -0.25) is 0 Å². The molecule has 0 atom stereocenters. The highest BCUT2D eigenvalue weighted by atomic mass is 32.1. The molecule has 3 rings (SSSR count). The summed E-state index contributed by atoms with van der Waals surface area (Å²) in [5.41, 5.74) is 3.70. The lowest BCUT2D eigenvalue weighted by molar-refractivity contribution is 0.0697. The van der Waals surface area contributed by atoms with E-state index in [1.807, 2.05) is 11.4 Å². The van der Waals surface area contributed by atoms with E-state index in [2.05, 4.69) is 4.98 Å². The third-order valence-electron chi connectivity index (χ3n) is 3.41. The van der Waals surface area contributed by atoms with Crippen molar-refractivity contribution in [3.63, 3.8) is 0 Å². The highest BCUT2D eigenvalue weighted by Crippen LogP contribution is 2.35. The van der Waals surface area contributed by atoms with Crippen molar-refractivity contribution < 1.29 is 9.90 Å². The molecule has 0 fully saturated rings. The van der Waals surface area contributed by atoms with E-state index >= 15 is 0 Å². The van der Waals surface area contributed by atoms with E-state index < -0.39 is 5.97 Å². The van der Waals surface area contributed by atoms with Crippen LogP contribution in [0.4, 0.5) is 0 Å². The van der Waals surface area contributed by atoms with Crippen LogP contribution in [0, 0.1) is 0 Å². The number of aromatic carboxylic acids is 1. The normalized spacial score (nSPS) is 14.2. The molecule has 0 saturated carbocycles. The highest BCUT2D eigenvalue weighted by Gasteiger charge is 2.22. The predicted molar refractivity (Wildman–Crippen MR) is 71.2 cm³/mol. The van der Waals surface area contributed by atoms with Crippen molar-refractivity contribution in [1.29, 1.82) is 0 Å². The van der Waals surface area contributed by atoms with Gasteiger partial charge in [0.05, 0.1) is 5.56 Å². The summed E-state index contributed by atoms with van der Waals surface area (Å²) in [4.78, 5) is 15.7. The van der Waals surface area contributed by atoms with Gasteiger partial charge in [0.1, 0.15) is 5.01 Å². The maximum Gasteiger partial charge on any atom is 0.336 e. The minimum absolute atomic E-state index is 0.380. The van der Waals surface area contributed by atoms with Gasteiger partial charge in [-0.1, -0.05) is 6.07 Å². The molecule has 0 radical (unpaired) electrons. The van der Waals surface area contributed by atoms with Gasteiger partial charge in [0.15, 0.2) is 0 Å². The minimum atomic E-state index is -0.867. The number of hydrogen-bond donors (Lipinski definition) is 1. The van der Waals surface area contributed by atoms with Gasteiger partial charge in [0.25, 0.3) is 0 Å². The topological polar surface area (TPSA) is 50.2 Å². The Balaban J connectivity index is 2.27. The minimum Gasteiger partial charge on any atom is -0.478 e. The van der Waals surface area contributed by atoms with Crippen molar-refractivity contribution in [3.05, 3.63) is 40.4 Å². The van der Waals surface area contributed by atoms with E-state index in [9.17, 15) is 9.90 Å². The molecule has 0 bridgehead atoms. The molecule has 0 unspecified atom stereocenters. The number of hydrogen-bond acceptors (Lipinski definition) is 3. The first-order valence-electron chi connectivity index (χ1n) is 6.05. The third kappa shape index (κ3) is 1.82. The van der Waals surface area contributed by atoms with Gasteiger partial charge < -0.3 is 5.11 Å². The number of fused-ring (bicyclic) bond motifs is 1. The van der Waals surface area contributed by atoms with Crippen LogP contribution in [0.15, 0.2) is 23.7 Å². The van der Waals surface area contributed by atoms with Crippen molar-refractivity contribution in [3.8, 4) is 10.6 Å². The molecule has 1 aliphatic carbocycles. The number of aryl methyl sites for hydroxylation is 1. The lowest BCUT2D eigenvalue weighted by Gasteiger charge is -2.20. The molecule has 1 aromatic heterocycles. The summed E-state index contributed by atoms with van der Waals surface area (Å²) in [7, 11) is 0. The van der Waals surface area contributed by atoms with Gasteiger partial charge in [0, 0.05) is 17.1 Å². The van der Waals surface area contributed by atoms with Gasteiger partial charge >= 0.3 is 5.97 Å². The molecule has 4 heteroatoms. The molecular weight excluding hydrogens is 246 g/mol. The summed E-state index contributed by atoms with van der Waals surface area (Å²) >= 11 is 1.51. The van der Waals surface area contributed by atoms with Crippen LogP contribution in [0.25, 0.3) is 10.6 Å². The Labute approximate surface area is 109 Å². The van der Waals surface area contributed by atoms with Crippen molar-refractivity contribution in [2.45, 2.75) is 25.7 Å². The van der Waals surface area contributed by atoms with Crippen molar-refractivity contribution >= 4 is 17.3 Å². The number of benzene rings is 1. The quantitative estimate of drug-likeness (QED) is 0.899. The summed E-state index contributed by atoms with van der Waals surface area (Å²) in [5, 5.41) is 12.1. The fourth-order valence-electron chi connectivity index (χ4n) is 2.60. The molecule has 0 amide bonds. The van der Waals surface area contributed by atoms with Crippen molar-refractivity contribution in [1.82, 2.24) is 4.98 Å². The smallest absolute Gasteiger partial charge is 0.336 e. The molecule has 1 aliphatic rings. The van der Waals surface area contributed by atoms with Gasteiger partial charge in [-0.2, -0.15) is 0 Å². The van der Waals surface area contributed by atoms with Gasteiger partial charge in [-0.05, 0) is 42.9 Å². The number of thiazole rings is 1. The Hall–Kier alpha value is -1.68. The number of aromatic nitrogens is 1. The van der Waals surface area contributed by atoms with Crippen LogP contribution >= 0.6 is 11.3 Å². The lowest BCUT2D eigenvalue weighted by Crippen LogP contribution is -2.09. The van der Waals surface area contributed by atoms with E-state index in [0.29, 0.717) is 5.56 Å². The molecule has 3 nitrogen and oxygen atoms in total. The second kappa shape index (κ2) is 4.53. The van der Waals surface area contributed by atoms with E-state index in [1.54, 1.807) is 12.3 Å². The number of nitrogens with zero attached hydrogens (tertiary/aromatic N) is 1. The van der Waals surface area contributed by atoms with Crippen LogP contribution in [0.1, 0.15) is 34.3 Å². The maximum atomic E-state index is 11.4. The molecule has 0 aliphatic heterocycles. The summed E-state index contributed by atoms with van der Waals surface area (Å²) in [5.74, 6) is -0.867. The Morgan fingerprint density at radius 2 is 2.11 bits per heavy atom. The predicted octanol–water partition coefficient (Wildman–Crippen LogP) is 3.39. The Bertz CT molecular complexity index is 590. The third-order valence-corrected chi connectivity index (χ3v) is 4.20. The Morgan fingerprint density at radius 1 is 1.28 bits per heavy atom. The summed E-state index contributed by atoms with van der Waals surface area (Å²) in [6, 6.07) is 3.69. The Morgan fingerprint density at radius 3 is 2.83 bits per heavy atom. The number of carboxylic acids is 1. The van der Waals surface area contributed by atoms with Gasteiger partial charge in [-0.15, -0.1) is 11.3 Å². The fraction of sp³-hybridized carbons (Fsp3) is 0.286. The fourth-order valence-corrected chi connectivity index (χ4v) is 3.32. The maximum absolute atomic E-state index is 11.4. The number of carbonyl (C=O) groups is 1. The van der Waals surface area contributed by atoms with Crippen LogP contribution in [-0.2, 0) is 12.8 Å². The summed E-state index contributed by atoms with van der Waals surface area (Å²) in [6.07, 6.45) is 6.07. The van der Waals surface area contributed by atoms with Crippen LogP contribution in [0.2, 0.25) is 0 Å². The zero-order valence-corrected chi connectivity index (χ0v) is 10.7. The van der Waals surface area contributed by atoms with Gasteiger partial charge in [0.2, 0.25) is 0 Å². The van der Waals surface area contributed by atoms with E-state index in [-0.39, 0.29) is 0 Å². The van der Waals surface area contributed by atoms with Crippen LogP contribution < -0.4 is 0 Å². The molecular formula is C14H13NO2S. The molecule has 2 aromatic rings. The highest BCUT2D eigenvalue weighted by molar-refractivity contribution is 7.13. The van der Waals surface area contributed by atoms with E-state index in [0.717, 1.165) is 29.8 Å². The molecule has 1 aromatic carbocycles. The zero-order valence-electron chi connectivity index (χ0n) is 9.85. The molecule has 0 saturated heterocycles. The first-order valence-corrected chi connectivity index (χ1v) is 6.93. The van der Waals surface area contributed by atoms with Crippen molar-refractivity contribution in [2.24, 2.45) is 0 Å². The van der Waals surface area contributed by atoms with Crippen LogP contribution in [0.3, 0.4) is 0 Å². The van der Waals surface area contributed by atoms with Crippen LogP contribution in [0.5, 0.6) is 0 Å². The number of rotatable bonds is 2. The lowest BCUT2D eigenvalue weighted by atomic mass is 9.86. The second-order valence-electron chi connectivity index (χ2n) is 4.48. The number of carboxylic acid groups (broad SMARTS) is 1. The molecule has 92 valence electrons. The van der Waals surface area contributed by atoms with E-state index in [1.165, 1.54) is 28.9 Å². The first-order chi connectivity index (χ1) is 8.77. The van der Waals surface area contributed by atoms with Crippen molar-refractivity contribution in [2.75, 3.05) is 0 Å². The average molecular weight is 259 g/mol. The molecule has 18 heavy (non-hydrogen) atoms. The largest absolute Gasteiger partial charge is 0.478 e. The average Bonchev–Trinajstić information content (AvgIpc) is 2.90. The van der Waals surface area contributed by atoms with Gasteiger partial charge in [-0.25, -0.2) is 9.78 Å². The second-order valence-corrected chi connectivity index (χ2v) is 5.37. The van der Waals surface area contributed by atoms with Crippen LogP contribution in [-0.4, -0.2) is 16.1 Å². The summed E-state index contributed by atoms with van der Waals surface area (Å²) in [6.45, 7) is 0. The van der Waals surface area contributed by atoms with E-state index in [4.69, 9.17) is 0 Å². The standard InChI is InChI=1S/C14H13NO2S/c16-14(17)11-6-5-9-3-1-2-4-10(9)12(11)13-15-7-8-18-13/h5-8H,1-4H2,(H,16,17). The zero-order chi connectivity index (χ0) is 12.5. The molecule has 1 N–H and O–H groups in total. The SMILES string of the molecule is O=C(O)c1ccc2c(c1-c1nccs1)CCCC2. The monoisotopic (exact) mass is 259 g/mol. The molecule has 1 heterocycles. The Kier molecular flexibility index (Phi) is 2.88. The molecule has 0 spiro atoms.